The Hall–Kier alpha value is -1.62. The number of rotatable bonds is 3. The lowest BCUT2D eigenvalue weighted by atomic mass is 10.1. The van der Waals surface area contributed by atoms with Gasteiger partial charge in [-0.3, -0.25) is 4.79 Å². The Morgan fingerprint density at radius 1 is 1.05 bits per heavy atom. The zero-order valence-electron chi connectivity index (χ0n) is 10.9. The number of nitrogen functional groups attached to an aromatic ring is 1. The van der Waals surface area contributed by atoms with Gasteiger partial charge in [0, 0.05) is 24.9 Å². The largest absolute Gasteiger partial charge is 0.455 e. The monoisotopic (exact) mass is 344 g/mol. The zero-order valence-corrected chi connectivity index (χ0v) is 13.2. The van der Waals surface area contributed by atoms with E-state index in [-0.39, 0.29) is 22.4 Å². The summed E-state index contributed by atoms with van der Waals surface area (Å²) in [5.41, 5.74) is 6.50. The molecule has 2 aromatic rings. The molecule has 2 rings (SSSR count). The minimum atomic E-state index is -0.304. The normalized spacial score (nSPS) is 10.3. The average Bonchev–Trinajstić information content (AvgIpc) is 2.44. The highest BCUT2D eigenvalue weighted by Gasteiger charge is 2.15. The Balaban J connectivity index is 2.46. The van der Waals surface area contributed by atoms with E-state index in [1.807, 2.05) is 0 Å². The smallest absolute Gasteiger partial charge is 0.254 e. The van der Waals surface area contributed by atoms with Gasteiger partial charge in [-0.05, 0) is 18.2 Å². The van der Waals surface area contributed by atoms with Crippen LogP contribution in [0, 0.1) is 0 Å². The van der Waals surface area contributed by atoms with Crippen molar-refractivity contribution in [3.8, 4) is 11.5 Å². The first-order chi connectivity index (χ1) is 9.92. The second-order valence-corrected chi connectivity index (χ2v) is 5.36. The molecular formula is C14H11Cl3N2O2. The van der Waals surface area contributed by atoms with Crippen LogP contribution in [0.25, 0.3) is 0 Å². The zero-order chi connectivity index (χ0) is 15.6. The van der Waals surface area contributed by atoms with Gasteiger partial charge >= 0.3 is 0 Å². The maximum Gasteiger partial charge on any atom is 0.254 e. The number of carbonyl (C=O) groups excluding carboxylic acids is 1. The number of halogens is 3. The van der Waals surface area contributed by atoms with Gasteiger partial charge < -0.3 is 15.8 Å². The molecule has 0 unspecified atom stereocenters. The minimum Gasteiger partial charge on any atom is -0.455 e. The van der Waals surface area contributed by atoms with E-state index in [2.05, 4.69) is 5.32 Å². The number of ether oxygens (including phenoxy) is 1. The van der Waals surface area contributed by atoms with Crippen molar-refractivity contribution < 1.29 is 9.53 Å². The predicted octanol–water partition coefficient (Wildman–Crippen LogP) is 4.38. The van der Waals surface area contributed by atoms with Gasteiger partial charge in [0.25, 0.3) is 5.91 Å². The summed E-state index contributed by atoms with van der Waals surface area (Å²) >= 11 is 17.9. The molecule has 0 spiro atoms. The van der Waals surface area contributed by atoms with Crippen molar-refractivity contribution in [2.45, 2.75) is 0 Å². The van der Waals surface area contributed by atoms with Gasteiger partial charge in [-0.25, -0.2) is 0 Å². The highest BCUT2D eigenvalue weighted by atomic mass is 35.5. The van der Waals surface area contributed by atoms with Gasteiger partial charge in [-0.15, -0.1) is 0 Å². The van der Waals surface area contributed by atoms with Crippen LogP contribution in [0.2, 0.25) is 15.1 Å². The molecule has 21 heavy (non-hydrogen) atoms. The first kappa shape index (κ1) is 15.8. The van der Waals surface area contributed by atoms with Gasteiger partial charge in [0.1, 0.15) is 11.5 Å². The van der Waals surface area contributed by atoms with Crippen molar-refractivity contribution in [2.24, 2.45) is 0 Å². The van der Waals surface area contributed by atoms with Crippen LogP contribution in [0.5, 0.6) is 11.5 Å². The molecule has 0 aliphatic rings. The first-order valence-corrected chi connectivity index (χ1v) is 6.99. The highest BCUT2D eigenvalue weighted by molar-refractivity contribution is 6.43. The fraction of sp³-hybridized carbons (Fsp3) is 0.0714. The average molecular weight is 346 g/mol. The van der Waals surface area contributed by atoms with Gasteiger partial charge in [-0.1, -0.05) is 34.8 Å². The Morgan fingerprint density at radius 2 is 1.71 bits per heavy atom. The molecule has 0 fully saturated rings. The Kier molecular flexibility index (Phi) is 4.83. The summed E-state index contributed by atoms with van der Waals surface area (Å²) in [5.74, 6) is 0.248. The number of amides is 1. The molecule has 0 aliphatic carbocycles. The summed E-state index contributed by atoms with van der Waals surface area (Å²) in [6, 6.07) is 7.64. The van der Waals surface area contributed by atoms with E-state index in [1.54, 1.807) is 12.1 Å². The van der Waals surface area contributed by atoms with Crippen molar-refractivity contribution in [2.75, 3.05) is 12.8 Å². The number of nitrogens with one attached hydrogen (secondary N) is 1. The van der Waals surface area contributed by atoms with Crippen LogP contribution in [0.1, 0.15) is 10.4 Å². The quantitative estimate of drug-likeness (QED) is 0.641. The molecule has 0 saturated heterocycles. The lowest BCUT2D eigenvalue weighted by Gasteiger charge is -2.13. The SMILES string of the molecule is CNC(=O)c1ccc(N)cc1Oc1cc(Cl)c(Cl)cc1Cl. The van der Waals surface area contributed by atoms with Crippen LogP contribution in [0.15, 0.2) is 30.3 Å². The van der Waals surface area contributed by atoms with Crippen molar-refractivity contribution in [3.05, 3.63) is 51.0 Å². The van der Waals surface area contributed by atoms with E-state index in [0.29, 0.717) is 21.3 Å². The summed E-state index contributed by atoms with van der Waals surface area (Å²) in [6.07, 6.45) is 0. The molecular weight excluding hydrogens is 335 g/mol. The predicted molar refractivity (Wildman–Crippen MR) is 85.8 cm³/mol. The van der Waals surface area contributed by atoms with E-state index in [9.17, 15) is 4.79 Å². The molecule has 3 N–H and O–H groups in total. The Labute approximate surface area is 136 Å². The van der Waals surface area contributed by atoms with Crippen LogP contribution in [-0.4, -0.2) is 13.0 Å². The van der Waals surface area contributed by atoms with Crippen molar-refractivity contribution in [3.63, 3.8) is 0 Å². The lowest BCUT2D eigenvalue weighted by Crippen LogP contribution is -2.18. The van der Waals surface area contributed by atoms with Gasteiger partial charge in [-0.2, -0.15) is 0 Å². The lowest BCUT2D eigenvalue weighted by molar-refractivity contribution is 0.0961. The van der Waals surface area contributed by atoms with Crippen molar-refractivity contribution in [1.82, 2.24) is 5.32 Å². The number of hydrogen-bond donors (Lipinski definition) is 2. The molecule has 4 nitrogen and oxygen atoms in total. The van der Waals surface area contributed by atoms with E-state index in [1.165, 1.54) is 25.2 Å². The van der Waals surface area contributed by atoms with Crippen LogP contribution in [0.4, 0.5) is 5.69 Å². The molecule has 110 valence electrons. The molecule has 0 radical (unpaired) electrons. The van der Waals surface area contributed by atoms with Crippen LogP contribution >= 0.6 is 34.8 Å². The number of benzene rings is 2. The molecule has 0 bridgehead atoms. The standard InChI is InChI=1S/C14H11Cl3N2O2/c1-19-14(20)8-3-2-7(18)4-12(8)21-13-6-10(16)9(15)5-11(13)17/h2-6H,18H2,1H3,(H,19,20). The molecule has 0 saturated carbocycles. The summed E-state index contributed by atoms with van der Waals surface area (Å²) < 4.78 is 5.66. The molecule has 1 amide bonds. The third kappa shape index (κ3) is 3.53. The van der Waals surface area contributed by atoms with Crippen LogP contribution < -0.4 is 15.8 Å². The van der Waals surface area contributed by atoms with Crippen LogP contribution in [-0.2, 0) is 0 Å². The maximum atomic E-state index is 11.8. The Bertz CT molecular complexity index is 705. The molecule has 7 heteroatoms. The highest BCUT2D eigenvalue weighted by Crippen LogP contribution is 2.37. The number of hydrogen-bond acceptors (Lipinski definition) is 3. The van der Waals surface area contributed by atoms with E-state index < -0.39 is 0 Å². The first-order valence-electron chi connectivity index (χ1n) is 5.86. The number of carbonyl (C=O) groups is 1. The number of anilines is 1. The van der Waals surface area contributed by atoms with E-state index in [4.69, 9.17) is 45.3 Å². The van der Waals surface area contributed by atoms with Crippen molar-refractivity contribution >= 4 is 46.4 Å². The second kappa shape index (κ2) is 6.43. The molecule has 0 atom stereocenters. The third-order valence-corrected chi connectivity index (χ3v) is 3.69. The van der Waals surface area contributed by atoms with Gasteiger partial charge in [0.15, 0.2) is 0 Å². The number of nitrogens with two attached hydrogens (primary N) is 1. The molecule has 0 aromatic heterocycles. The fourth-order valence-corrected chi connectivity index (χ4v) is 2.22. The summed E-state index contributed by atoms with van der Waals surface area (Å²) in [4.78, 5) is 11.8. The van der Waals surface area contributed by atoms with Gasteiger partial charge in [0.2, 0.25) is 0 Å². The Morgan fingerprint density at radius 3 is 2.38 bits per heavy atom. The van der Waals surface area contributed by atoms with Crippen molar-refractivity contribution in [1.29, 1.82) is 0 Å². The topological polar surface area (TPSA) is 64.4 Å². The van der Waals surface area contributed by atoms with E-state index >= 15 is 0 Å². The summed E-state index contributed by atoms with van der Waals surface area (Å²) in [7, 11) is 1.52. The molecule has 2 aromatic carbocycles. The molecule has 0 heterocycles. The minimum absolute atomic E-state index is 0.273. The maximum absolute atomic E-state index is 11.8. The fourth-order valence-electron chi connectivity index (χ4n) is 1.65. The molecule has 0 aliphatic heterocycles. The third-order valence-electron chi connectivity index (χ3n) is 2.67. The second-order valence-electron chi connectivity index (χ2n) is 4.13. The van der Waals surface area contributed by atoms with Gasteiger partial charge in [0.05, 0.1) is 20.6 Å². The van der Waals surface area contributed by atoms with Crippen LogP contribution in [0.3, 0.4) is 0 Å². The van der Waals surface area contributed by atoms with E-state index in [0.717, 1.165) is 0 Å². The summed E-state index contributed by atoms with van der Waals surface area (Å²) in [5, 5.41) is 3.40. The summed E-state index contributed by atoms with van der Waals surface area (Å²) in [6.45, 7) is 0.